The minimum absolute atomic E-state index is 0. The molecule has 2 aromatic heterocycles. The number of benzene rings is 1. The molecule has 94 valence electrons. The molecule has 2 heterocycles. The van der Waals surface area contributed by atoms with Crippen LogP contribution >= 0.6 is 0 Å². The molecule has 0 amide bonds. The van der Waals surface area contributed by atoms with Gasteiger partial charge in [-0.1, -0.05) is 30.3 Å². The number of hydrogen-bond acceptors (Lipinski definition) is 5. The molecular formula is C11H6N5NaO3. The number of nitrogens with zero attached hydrogens (tertiary/aromatic N) is 5. The van der Waals surface area contributed by atoms with Gasteiger partial charge >= 0.3 is 35.2 Å². The molecule has 0 spiro atoms. The van der Waals surface area contributed by atoms with Crippen LogP contribution in [0.3, 0.4) is 0 Å². The topological polar surface area (TPSA) is 104 Å². The molecule has 0 atom stereocenters. The van der Waals surface area contributed by atoms with Crippen molar-refractivity contribution in [1.82, 2.24) is 19.6 Å². The van der Waals surface area contributed by atoms with Crippen LogP contribution < -0.4 is 40.1 Å². The summed E-state index contributed by atoms with van der Waals surface area (Å²) in [5.74, 6) is 0.333. The Kier molecular flexibility index (Phi) is 3.98. The van der Waals surface area contributed by atoms with Crippen LogP contribution in [0.2, 0.25) is 0 Å². The third-order valence-electron chi connectivity index (χ3n) is 2.53. The van der Waals surface area contributed by atoms with E-state index in [1.165, 1.54) is 0 Å². The summed E-state index contributed by atoms with van der Waals surface area (Å²) in [6.45, 7) is 0. The van der Waals surface area contributed by atoms with Crippen molar-refractivity contribution in [3.8, 4) is 11.4 Å². The van der Waals surface area contributed by atoms with Gasteiger partial charge in [0, 0.05) is 17.5 Å². The van der Waals surface area contributed by atoms with E-state index in [-0.39, 0.29) is 35.3 Å². The molecule has 0 saturated carbocycles. The van der Waals surface area contributed by atoms with Crippen LogP contribution in [-0.2, 0) is 0 Å². The fraction of sp³-hybridized carbons (Fsp3) is 0. The zero-order chi connectivity index (χ0) is 13.4. The molecule has 0 aliphatic heterocycles. The van der Waals surface area contributed by atoms with Crippen molar-refractivity contribution in [2.24, 2.45) is 0 Å². The summed E-state index contributed by atoms with van der Waals surface area (Å²) in [6.07, 6.45) is 0.890. The Bertz CT molecular complexity index is 827. The Morgan fingerprint density at radius 2 is 1.95 bits per heavy atom. The maximum Gasteiger partial charge on any atom is 1.00 e. The van der Waals surface area contributed by atoms with Crippen molar-refractivity contribution < 1.29 is 34.5 Å². The first kappa shape index (κ1) is 14.4. The SMILES string of the molecule is O=c1c([N+](=O)[O-])c[n-]c2nc(-c3ccccc3)nn12.[Na+]. The number of fused-ring (bicyclic) bond motifs is 1. The Balaban J connectivity index is 0.00000147. The van der Waals surface area contributed by atoms with E-state index in [4.69, 9.17) is 0 Å². The second-order valence-corrected chi connectivity index (χ2v) is 3.72. The summed E-state index contributed by atoms with van der Waals surface area (Å²) in [4.78, 5) is 29.5. The number of hydrogen-bond donors (Lipinski definition) is 0. The van der Waals surface area contributed by atoms with Gasteiger partial charge in [-0.15, -0.1) is 0 Å². The smallest absolute Gasteiger partial charge is 0.358 e. The Morgan fingerprint density at radius 3 is 2.60 bits per heavy atom. The standard InChI is InChI=1S/C11H7N5O3.Na/c17-10-8(16(18)19)6-12-11-13-9(14-15(10)11)7-4-2-1-3-5-7;/h1-6H,(H,12,13,14,17);/q;+1/p-1. The third kappa shape index (κ3) is 2.36. The van der Waals surface area contributed by atoms with Gasteiger partial charge in [-0.3, -0.25) is 19.4 Å². The maximum atomic E-state index is 11.8. The fourth-order valence-electron chi connectivity index (χ4n) is 1.64. The van der Waals surface area contributed by atoms with Crippen molar-refractivity contribution in [2.45, 2.75) is 0 Å². The first-order chi connectivity index (χ1) is 9.16. The van der Waals surface area contributed by atoms with Crippen LogP contribution in [0.15, 0.2) is 41.3 Å². The molecule has 20 heavy (non-hydrogen) atoms. The van der Waals surface area contributed by atoms with Crippen LogP contribution in [0.4, 0.5) is 5.69 Å². The summed E-state index contributed by atoms with van der Waals surface area (Å²) in [5.41, 5.74) is -0.767. The molecule has 3 aromatic rings. The molecule has 0 unspecified atom stereocenters. The third-order valence-corrected chi connectivity index (χ3v) is 2.53. The van der Waals surface area contributed by atoms with E-state index in [1.807, 2.05) is 6.07 Å². The molecule has 0 aliphatic carbocycles. The van der Waals surface area contributed by atoms with Crippen molar-refractivity contribution in [3.05, 3.63) is 57.0 Å². The van der Waals surface area contributed by atoms with Gasteiger partial charge in [-0.25, -0.2) is 5.10 Å². The molecule has 8 nitrogen and oxygen atoms in total. The molecular weight excluding hydrogens is 273 g/mol. The van der Waals surface area contributed by atoms with E-state index < -0.39 is 16.2 Å². The molecule has 0 bridgehead atoms. The largest absolute Gasteiger partial charge is 1.00 e. The molecule has 0 radical (unpaired) electrons. The zero-order valence-corrected chi connectivity index (χ0v) is 12.4. The van der Waals surface area contributed by atoms with Crippen molar-refractivity contribution in [1.29, 1.82) is 0 Å². The second kappa shape index (κ2) is 5.53. The summed E-state index contributed by atoms with van der Waals surface area (Å²) >= 11 is 0. The summed E-state index contributed by atoms with van der Waals surface area (Å²) in [6, 6.07) is 8.98. The Hall–Kier alpha value is -2.03. The van der Waals surface area contributed by atoms with Crippen molar-refractivity contribution in [3.63, 3.8) is 0 Å². The summed E-state index contributed by atoms with van der Waals surface area (Å²) in [5, 5.41) is 14.6. The second-order valence-electron chi connectivity index (χ2n) is 3.72. The van der Waals surface area contributed by atoms with Gasteiger partial charge in [0.1, 0.15) is 0 Å². The van der Waals surface area contributed by atoms with E-state index in [9.17, 15) is 14.9 Å². The number of aromatic nitrogens is 4. The van der Waals surface area contributed by atoms with Crippen molar-refractivity contribution >= 4 is 11.5 Å². The fourth-order valence-corrected chi connectivity index (χ4v) is 1.64. The van der Waals surface area contributed by atoms with Gasteiger partial charge in [0.15, 0.2) is 0 Å². The minimum atomic E-state index is -0.843. The van der Waals surface area contributed by atoms with Gasteiger partial charge in [0.05, 0.1) is 10.7 Å². The van der Waals surface area contributed by atoms with Crippen LogP contribution in [0, 0.1) is 10.1 Å². The minimum Gasteiger partial charge on any atom is -0.358 e. The van der Waals surface area contributed by atoms with Crippen LogP contribution in [0.5, 0.6) is 0 Å². The molecule has 0 saturated heterocycles. The summed E-state index contributed by atoms with van der Waals surface area (Å²) < 4.78 is 0.834. The monoisotopic (exact) mass is 279 g/mol. The average molecular weight is 279 g/mol. The molecule has 9 heteroatoms. The van der Waals surface area contributed by atoms with E-state index in [2.05, 4.69) is 15.1 Å². The zero-order valence-electron chi connectivity index (χ0n) is 10.4. The van der Waals surface area contributed by atoms with Gasteiger partial charge in [0.2, 0.25) is 0 Å². The predicted octanol–water partition coefficient (Wildman–Crippen LogP) is -2.37. The number of rotatable bonds is 2. The van der Waals surface area contributed by atoms with Gasteiger partial charge < -0.3 is 9.97 Å². The number of nitro groups is 1. The van der Waals surface area contributed by atoms with Gasteiger partial charge in [0.25, 0.3) is 5.56 Å². The van der Waals surface area contributed by atoms with E-state index in [0.717, 1.165) is 10.7 Å². The molecule has 0 fully saturated rings. The molecule has 0 aliphatic rings. The average Bonchev–Trinajstić information content (AvgIpc) is 2.85. The molecule has 3 rings (SSSR count). The van der Waals surface area contributed by atoms with E-state index in [0.29, 0.717) is 11.4 Å². The first-order valence-electron chi connectivity index (χ1n) is 5.29. The maximum absolute atomic E-state index is 11.8. The van der Waals surface area contributed by atoms with E-state index >= 15 is 0 Å². The normalized spacial score (nSPS) is 10.2. The van der Waals surface area contributed by atoms with Gasteiger partial charge in [-0.2, -0.15) is 0 Å². The Morgan fingerprint density at radius 1 is 1.25 bits per heavy atom. The quantitative estimate of drug-likeness (QED) is 0.295. The molecule has 1 aromatic carbocycles. The van der Waals surface area contributed by atoms with Crippen LogP contribution in [0.1, 0.15) is 0 Å². The summed E-state index contributed by atoms with van der Waals surface area (Å²) in [7, 11) is 0. The van der Waals surface area contributed by atoms with Crippen molar-refractivity contribution in [2.75, 3.05) is 0 Å². The van der Waals surface area contributed by atoms with E-state index in [1.54, 1.807) is 24.3 Å². The first-order valence-corrected chi connectivity index (χ1v) is 5.29. The Labute approximate surface area is 133 Å². The van der Waals surface area contributed by atoms with Crippen LogP contribution in [-0.4, -0.2) is 19.5 Å². The van der Waals surface area contributed by atoms with Gasteiger partial charge in [-0.05, 0) is 0 Å². The molecule has 0 N–H and O–H groups in total. The van der Waals surface area contributed by atoms with Crippen LogP contribution in [0.25, 0.3) is 17.2 Å². The predicted molar refractivity (Wildman–Crippen MR) is 64.7 cm³/mol.